The van der Waals surface area contributed by atoms with Crippen molar-refractivity contribution in [1.29, 1.82) is 0 Å². The average molecular weight is 499 g/mol. The summed E-state index contributed by atoms with van der Waals surface area (Å²) in [5.74, 6) is 0.150. The monoisotopic (exact) mass is 498 g/mol. The van der Waals surface area contributed by atoms with Gasteiger partial charge in [-0.3, -0.25) is 9.36 Å². The highest BCUT2D eigenvalue weighted by atomic mass is 31.2. The Morgan fingerprint density at radius 3 is 1.48 bits per heavy atom. The summed E-state index contributed by atoms with van der Waals surface area (Å²) in [5, 5.41) is 0. The van der Waals surface area contributed by atoms with Gasteiger partial charge in [-0.2, -0.15) is 0 Å². The van der Waals surface area contributed by atoms with Crippen LogP contribution >= 0.6 is 7.37 Å². The second-order valence-corrected chi connectivity index (χ2v) is 31.9. The Bertz CT molecular complexity index is 606. The second kappa shape index (κ2) is 10.5. The number of hydrogen-bond donors (Lipinski definition) is 0. The van der Waals surface area contributed by atoms with E-state index >= 15 is 0 Å². The molecule has 1 unspecified atom stereocenters. The quantitative estimate of drug-likeness (QED) is 0.175. The van der Waals surface area contributed by atoms with Gasteiger partial charge in [0.1, 0.15) is 0 Å². The molecule has 0 N–H and O–H groups in total. The van der Waals surface area contributed by atoms with Gasteiger partial charge in [0.05, 0.1) is 6.42 Å². The summed E-state index contributed by atoms with van der Waals surface area (Å²) in [6.07, 6.45) is 2.23. The summed E-state index contributed by atoms with van der Waals surface area (Å²) in [4.78, 5) is 12.2. The molecule has 0 amide bonds. The van der Waals surface area contributed by atoms with E-state index in [2.05, 4.69) is 39.3 Å². The Kier molecular flexibility index (Phi) is 10.4. The van der Waals surface area contributed by atoms with Gasteiger partial charge >= 0.3 is 0 Å². The van der Waals surface area contributed by atoms with E-state index in [0.29, 0.717) is 5.95 Å². The van der Waals surface area contributed by atoms with Gasteiger partial charge in [-0.25, -0.2) is 0 Å². The highest BCUT2D eigenvalue weighted by molar-refractivity contribution is 7.60. The van der Waals surface area contributed by atoms with Crippen LogP contribution in [0.2, 0.25) is 78.6 Å². The van der Waals surface area contributed by atoms with Gasteiger partial charge in [0.25, 0.3) is 5.97 Å². The topological polar surface area (TPSA) is 71.1 Å². The molecular weight excluding hydrogens is 456 g/mol. The smallest absolute Gasteiger partial charge is 0.293 e. The lowest BCUT2D eigenvalue weighted by Crippen LogP contribution is -2.32. The lowest BCUT2D eigenvalue weighted by atomic mass is 10.5. The third-order valence-electron chi connectivity index (χ3n) is 2.87. The van der Waals surface area contributed by atoms with Gasteiger partial charge in [0.2, 0.25) is 30.9 Å². The maximum atomic E-state index is 13.6. The SMILES string of the molecule is C[Si](C)(C)OC(=O)CCP(=O)(CC=C(O[Si](C)(C)C)O[Si](C)(C)C)O[Si](C)(C)C. The Morgan fingerprint density at radius 2 is 1.14 bits per heavy atom. The lowest BCUT2D eigenvalue weighted by molar-refractivity contribution is -0.134. The third kappa shape index (κ3) is 17.3. The first-order chi connectivity index (χ1) is 12.6. The number of allylic oxidation sites excluding steroid dienone is 1. The lowest BCUT2D eigenvalue weighted by Gasteiger charge is -2.29. The molecule has 0 aliphatic rings. The molecule has 0 spiro atoms. The minimum absolute atomic E-state index is 0.0962. The van der Waals surface area contributed by atoms with Crippen molar-refractivity contribution in [1.82, 2.24) is 0 Å². The summed E-state index contributed by atoms with van der Waals surface area (Å²) < 4.78 is 37.4. The van der Waals surface area contributed by atoms with E-state index in [4.69, 9.17) is 17.5 Å². The molecule has 0 bridgehead atoms. The minimum atomic E-state index is -3.07. The van der Waals surface area contributed by atoms with E-state index in [1.807, 2.05) is 39.3 Å². The standard InChI is InChI=1S/C18H43O6PSi4/c1-26(2,3)21-17(19)13-15-25(20,24-29(10,11)12)16-14-18(22-27(4,5)6)23-28(7,8)9/h14H,13,15-16H2,1-12H3. The average Bonchev–Trinajstić information content (AvgIpc) is 2.36. The van der Waals surface area contributed by atoms with Crippen LogP contribution in [-0.2, 0) is 26.9 Å². The molecule has 1 atom stereocenters. The zero-order valence-corrected chi connectivity index (χ0v) is 25.5. The van der Waals surface area contributed by atoms with Crippen LogP contribution in [0.3, 0.4) is 0 Å². The van der Waals surface area contributed by atoms with E-state index < -0.39 is 40.6 Å². The second-order valence-electron chi connectivity index (χ2n) is 11.2. The summed E-state index contributed by atoms with van der Waals surface area (Å²) in [6.45, 7) is 24.4. The molecule has 0 rings (SSSR count). The van der Waals surface area contributed by atoms with Crippen LogP contribution in [0.15, 0.2) is 12.0 Å². The summed E-state index contributed by atoms with van der Waals surface area (Å²) >= 11 is 0. The Hall–Kier alpha value is -0.132. The van der Waals surface area contributed by atoms with Gasteiger partial charge < -0.3 is 17.5 Å². The zero-order valence-electron chi connectivity index (χ0n) is 20.6. The van der Waals surface area contributed by atoms with E-state index in [1.165, 1.54) is 0 Å². The fraction of sp³-hybridized carbons (Fsp3) is 0.833. The van der Waals surface area contributed by atoms with Crippen molar-refractivity contribution in [3.8, 4) is 0 Å². The highest BCUT2D eigenvalue weighted by Crippen LogP contribution is 2.50. The summed E-state index contributed by atoms with van der Waals surface area (Å²) in [5.41, 5.74) is 0. The van der Waals surface area contributed by atoms with Crippen LogP contribution < -0.4 is 0 Å². The van der Waals surface area contributed by atoms with Crippen molar-refractivity contribution in [3.63, 3.8) is 0 Å². The van der Waals surface area contributed by atoms with Crippen LogP contribution in [0.1, 0.15) is 6.42 Å². The van der Waals surface area contributed by atoms with Crippen molar-refractivity contribution >= 4 is 46.6 Å². The van der Waals surface area contributed by atoms with Crippen LogP contribution in [0.25, 0.3) is 0 Å². The van der Waals surface area contributed by atoms with Crippen LogP contribution in [0, 0.1) is 0 Å². The molecule has 172 valence electrons. The van der Waals surface area contributed by atoms with Gasteiger partial charge in [0.15, 0.2) is 15.7 Å². The normalized spacial score (nSPS) is 15.3. The maximum Gasteiger partial charge on any atom is 0.293 e. The molecular formula is C18H43O6PSi4. The first-order valence-electron chi connectivity index (χ1n) is 10.2. The summed E-state index contributed by atoms with van der Waals surface area (Å²) in [6, 6.07) is 0. The van der Waals surface area contributed by atoms with E-state index in [-0.39, 0.29) is 24.7 Å². The molecule has 0 fully saturated rings. The Labute approximate surface area is 182 Å². The molecule has 0 saturated carbocycles. The van der Waals surface area contributed by atoms with E-state index in [1.54, 1.807) is 6.08 Å². The molecule has 29 heavy (non-hydrogen) atoms. The number of hydrogen-bond acceptors (Lipinski definition) is 6. The molecule has 0 aromatic heterocycles. The molecule has 0 heterocycles. The fourth-order valence-electron chi connectivity index (χ4n) is 2.25. The van der Waals surface area contributed by atoms with E-state index in [9.17, 15) is 9.36 Å². The molecule has 0 aromatic carbocycles. The molecule has 0 aliphatic carbocycles. The largest absolute Gasteiger partial charge is 0.521 e. The minimum Gasteiger partial charge on any atom is -0.521 e. The van der Waals surface area contributed by atoms with Crippen molar-refractivity contribution in [2.24, 2.45) is 0 Å². The Morgan fingerprint density at radius 1 is 0.724 bits per heavy atom. The fourth-order valence-corrected chi connectivity index (χ4v) is 10.4. The van der Waals surface area contributed by atoms with E-state index in [0.717, 1.165) is 0 Å². The molecule has 0 radical (unpaired) electrons. The van der Waals surface area contributed by atoms with Gasteiger partial charge in [-0.15, -0.1) is 0 Å². The summed E-state index contributed by atoms with van der Waals surface area (Å²) in [7, 11) is -10.9. The molecule has 11 heteroatoms. The number of carbonyl (C=O) groups excluding carboxylic acids is 1. The number of carbonyl (C=O) groups is 1. The van der Waals surface area contributed by atoms with Crippen LogP contribution in [-0.4, -0.2) is 51.6 Å². The predicted octanol–water partition coefficient (Wildman–Crippen LogP) is 6.43. The van der Waals surface area contributed by atoms with Gasteiger partial charge in [-0.05, 0) is 78.6 Å². The Balaban J connectivity index is 5.52. The molecule has 6 nitrogen and oxygen atoms in total. The maximum absolute atomic E-state index is 13.6. The van der Waals surface area contributed by atoms with Crippen molar-refractivity contribution in [2.75, 3.05) is 12.3 Å². The first-order valence-corrected chi connectivity index (χ1v) is 25.8. The highest BCUT2D eigenvalue weighted by Gasteiger charge is 2.32. The van der Waals surface area contributed by atoms with Crippen LogP contribution in [0.5, 0.6) is 0 Å². The molecule has 0 aliphatic heterocycles. The molecule has 0 aromatic rings. The third-order valence-corrected chi connectivity index (χ3v) is 10.5. The number of rotatable bonds is 12. The van der Waals surface area contributed by atoms with Crippen molar-refractivity contribution in [3.05, 3.63) is 12.0 Å². The zero-order chi connectivity index (χ0) is 23.3. The first kappa shape index (κ1) is 28.9. The van der Waals surface area contributed by atoms with Crippen molar-refractivity contribution < 1.29 is 26.9 Å². The van der Waals surface area contributed by atoms with Gasteiger partial charge in [-0.1, -0.05) is 0 Å². The van der Waals surface area contributed by atoms with Crippen LogP contribution in [0.4, 0.5) is 0 Å². The van der Waals surface area contributed by atoms with Crippen molar-refractivity contribution in [2.45, 2.75) is 85.0 Å². The predicted molar refractivity (Wildman–Crippen MR) is 133 cm³/mol. The molecule has 0 saturated heterocycles. The van der Waals surface area contributed by atoms with Gasteiger partial charge in [0, 0.05) is 18.4 Å².